The van der Waals surface area contributed by atoms with Gasteiger partial charge in [-0.2, -0.15) is 0 Å². The minimum absolute atomic E-state index is 0.0545. The van der Waals surface area contributed by atoms with Gasteiger partial charge in [0.05, 0.1) is 17.0 Å². The number of non-ortho nitro benzene ring substituents is 1. The number of aliphatic hydroxyl groups is 3. The van der Waals surface area contributed by atoms with Crippen LogP contribution < -0.4 is 0 Å². The molecule has 0 spiro atoms. The standard InChI is InChI=1S/C11H12N4O6/c16-7-4-21-11(10(18)9(7)17)14-5-2-1-3-6(15(19)20)8(5)12-13-14/h1-3,7,9-11,16-18H,4H2/t7-,9-,10-,11+/m1/s1. The average Bonchev–Trinajstić information content (AvgIpc) is 2.88. The van der Waals surface area contributed by atoms with E-state index in [1.165, 1.54) is 18.2 Å². The number of rotatable bonds is 2. The normalized spacial score (nSPS) is 29.7. The average molecular weight is 296 g/mol. The maximum atomic E-state index is 10.9. The SMILES string of the molecule is O=[N+]([O-])c1cccc2c1nnn2[C@H]1OC[C@@H](O)[C@@H](O)[C@H]1O. The number of ether oxygens (including phenoxy) is 1. The Balaban J connectivity index is 2.06. The molecule has 0 amide bonds. The Hall–Kier alpha value is -2.14. The molecule has 2 aromatic rings. The first-order valence-corrected chi connectivity index (χ1v) is 6.15. The van der Waals surface area contributed by atoms with Crippen LogP contribution in [-0.2, 0) is 4.74 Å². The quantitative estimate of drug-likeness (QED) is 0.470. The Morgan fingerprint density at radius 2 is 2.10 bits per heavy atom. The monoisotopic (exact) mass is 296 g/mol. The van der Waals surface area contributed by atoms with Crippen molar-refractivity contribution >= 4 is 16.7 Å². The lowest BCUT2D eigenvalue weighted by atomic mass is 10.0. The predicted molar refractivity (Wildman–Crippen MR) is 67.2 cm³/mol. The maximum absolute atomic E-state index is 10.9. The molecule has 1 aliphatic rings. The minimum atomic E-state index is -1.43. The number of aliphatic hydroxyl groups excluding tert-OH is 3. The van der Waals surface area contributed by atoms with E-state index < -0.39 is 29.5 Å². The van der Waals surface area contributed by atoms with Gasteiger partial charge in [-0.25, -0.2) is 4.68 Å². The number of aromatic nitrogens is 3. The van der Waals surface area contributed by atoms with Gasteiger partial charge in [0.15, 0.2) is 11.7 Å². The first-order valence-electron chi connectivity index (χ1n) is 6.15. The van der Waals surface area contributed by atoms with Crippen LogP contribution in [0.2, 0.25) is 0 Å². The summed E-state index contributed by atoms with van der Waals surface area (Å²) in [5, 5.41) is 47.5. The van der Waals surface area contributed by atoms with E-state index in [0.717, 1.165) is 4.68 Å². The van der Waals surface area contributed by atoms with Gasteiger partial charge in [-0.1, -0.05) is 11.3 Å². The summed E-state index contributed by atoms with van der Waals surface area (Å²) in [7, 11) is 0. The summed E-state index contributed by atoms with van der Waals surface area (Å²) < 4.78 is 6.41. The summed E-state index contributed by atoms with van der Waals surface area (Å²) in [6, 6.07) is 4.29. The molecule has 1 saturated heterocycles. The Bertz CT molecular complexity index is 688. The minimum Gasteiger partial charge on any atom is -0.388 e. The molecule has 10 heteroatoms. The zero-order valence-corrected chi connectivity index (χ0v) is 10.6. The molecule has 4 atom stereocenters. The van der Waals surface area contributed by atoms with E-state index in [9.17, 15) is 25.4 Å². The van der Waals surface area contributed by atoms with Gasteiger partial charge < -0.3 is 20.1 Å². The fourth-order valence-corrected chi connectivity index (χ4v) is 2.29. The fourth-order valence-electron chi connectivity index (χ4n) is 2.29. The van der Waals surface area contributed by atoms with Crippen molar-refractivity contribution in [2.45, 2.75) is 24.5 Å². The second kappa shape index (κ2) is 5.00. The maximum Gasteiger partial charge on any atom is 0.299 e. The van der Waals surface area contributed by atoms with Crippen LogP contribution in [0.4, 0.5) is 5.69 Å². The highest BCUT2D eigenvalue weighted by molar-refractivity contribution is 5.83. The van der Waals surface area contributed by atoms with Crippen LogP contribution >= 0.6 is 0 Å². The number of hydrogen-bond acceptors (Lipinski definition) is 8. The Kier molecular flexibility index (Phi) is 3.29. The van der Waals surface area contributed by atoms with Crippen molar-refractivity contribution in [1.82, 2.24) is 15.0 Å². The molecule has 0 bridgehead atoms. The van der Waals surface area contributed by atoms with Crippen molar-refractivity contribution in [2.75, 3.05) is 6.61 Å². The number of nitro benzene ring substituents is 1. The largest absolute Gasteiger partial charge is 0.388 e. The highest BCUT2D eigenvalue weighted by atomic mass is 16.6. The van der Waals surface area contributed by atoms with Crippen molar-refractivity contribution in [3.8, 4) is 0 Å². The summed E-state index contributed by atoms with van der Waals surface area (Å²) >= 11 is 0. The van der Waals surface area contributed by atoms with Crippen LogP contribution in [-0.4, -0.2) is 60.2 Å². The number of hydrogen-bond donors (Lipinski definition) is 3. The van der Waals surface area contributed by atoms with Gasteiger partial charge in [-0.15, -0.1) is 5.10 Å². The lowest BCUT2D eigenvalue weighted by Gasteiger charge is -2.34. The number of fused-ring (bicyclic) bond motifs is 1. The van der Waals surface area contributed by atoms with Gasteiger partial charge in [-0.3, -0.25) is 10.1 Å². The summed E-state index contributed by atoms with van der Waals surface area (Å²) in [6.07, 6.45) is -5.13. The molecule has 112 valence electrons. The van der Waals surface area contributed by atoms with Crippen LogP contribution in [0.5, 0.6) is 0 Å². The fraction of sp³-hybridized carbons (Fsp3) is 0.455. The third-order valence-electron chi connectivity index (χ3n) is 3.39. The first kappa shape index (κ1) is 13.8. The molecule has 21 heavy (non-hydrogen) atoms. The zero-order valence-electron chi connectivity index (χ0n) is 10.6. The summed E-state index contributed by atoms with van der Waals surface area (Å²) in [6.45, 7) is -0.195. The molecule has 1 aromatic heterocycles. The molecule has 0 unspecified atom stereocenters. The first-order chi connectivity index (χ1) is 10.0. The van der Waals surface area contributed by atoms with Crippen molar-refractivity contribution in [3.05, 3.63) is 28.3 Å². The molecule has 0 saturated carbocycles. The van der Waals surface area contributed by atoms with E-state index in [-0.39, 0.29) is 23.3 Å². The molecule has 1 aliphatic heterocycles. The van der Waals surface area contributed by atoms with E-state index in [0.29, 0.717) is 0 Å². The number of benzene rings is 1. The van der Waals surface area contributed by atoms with Gasteiger partial charge in [0.1, 0.15) is 18.3 Å². The lowest BCUT2D eigenvalue weighted by Crippen LogP contribution is -2.50. The van der Waals surface area contributed by atoms with Gasteiger partial charge in [0.25, 0.3) is 5.69 Å². The summed E-state index contributed by atoms with van der Waals surface area (Å²) in [4.78, 5) is 10.3. The molecular weight excluding hydrogens is 284 g/mol. The molecule has 3 rings (SSSR count). The Morgan fingerprint density at radius 3 is 2.81 bits per heavy atom. The Morgan fingerprint density at radius 1 is 1.33 bits per heavy atom. The van der Waals surface area contributed by atoms with Crippen LogP contribution in [0, 0.1) is 10.1 Å². The smallest absolute Gasteiger partial charge is 0.299 e. The van der Waals surface area contributed by atoms with E-state index in [1.807, 2.05) is 0 Å². The second-order valence-electron chi connectivity index (χ2n) is 4.71. The molecule has 3 N–H and O–H groups in total. The van der Waals surface area contributed by atoms with E-state index in [1.54, 1.807) is 0 Å². The summed E-state index contributed by atoms with van der Waals surface area (Å²) in [5.41, 5.74) is 0.125. The Labute approximate surface area is 117 Å². The van der Waals surface area contributed by atoms with Crippen LogP contribution in [0.15, 0.2) is 18.2 Å². The van der Waals surface area contributed by atoms with Crippen molar-refractivity contribution in [1.29, 1.82) is 0 Å². The highest BCUT2D eigenvalue weighted by Gasteiger charge is 2.40. The molecule has 1 aromatic carbocycles. The third kappa shape index (κ3) is 2.14. The van der Waals surface area contributed by atoms with Crippen molar-refractivity contribution in [3.63, 3.8) is 0 Å². The summed E-state index contributed by atoms with van der Waals surface area (Å²) in [5.74, 6) is 0. The van der Waals surface area contributed by atoms with E-state index >= 15 is 0 Å². The van der Waals surface area contributed by atoms with Gasteiger partial charge >= 0.3 is 0 Å². The molecule has 1 fully saturated rings. The van der Waals surface area contributed by atoms with Gasteiger partial charge in [-0.05, 0) is 6.07 Å². The molecule has 2 heterocycles. The van der Waals surface area contributed by atoms with E-state index in [2.05, 4.69) is 10.3 Å². The van der Waals surface area contributed by atoms with E-state index in [4.69, 9.17) is 4.74 Å². The van der Waals surface area contributed by atoms with Crippen LogP contribution in [0.3, 0.4) is 0 Å². The number of nitrogens with zero attached hydrogens (tertiary/aromatic N) is 4. The van der Waals surface area contributed by atoms with Gasteiger partial charge in [0.2, 0.25) is 0 Å². The predicted octanol–water partition coefficient (Wildman–Crippen LogP) is -1.05. The van der Waals surface area contributed by atoms with Crippen LogP contribution in [0.1, 0.15) is 6.23 Å². The zero-order chi connectivity index (χ0) is 15.1. The molecular formula is C11H12N4O6. The topological polar surface area (TPSA) is 144 Å². The molecule has 10 nitrogen and oxygen atoms in total. The highest BCUT2D eigenvalue weighted by Crippen LogP contribution is 2.29. The second-order valence-corrected chi connectivity index (χ2v) is 4.71. The van der Waals surface area contributed by atoms with Crippen molar-refractivity contribution < 1.29 is 25.0 Å². The van der Waals surface area contributed by atoms with Crippen LogP contribution in [0.25, 0.3) is 11.0 Å². The van der Waals surface area contributed by atoms with Gasteiger partial charge in [0, 0.05) is 6.07 Å². The number of nitro groups is 1. The lowest BCUT2D eigenvalue weighted by molar-refractivity contribution is -0.383. The molecule has 0 aliphatic carbocycles. The third-order valence-corrected chi connectivity index (χ3v) is 3.39. The van der Waals surface area contributed by atoms with Crippen molar-refractivity contribution in [2.24, 2.45) is 0 Å². The molecule has 0 radical (unpaired) electrons.